The van der Waals surface area contributed by atoms with E-state index in [1.807, 2.05) is 6.20 Å². The predicted molar refractivity (Wildman–Crippen MR) is 86.9 cm³/mol. The van der Waals surface area contributed by atoms with Crippen LogP contribution in [0.3, 0.4) is 0 Å². The first kappa shape index (κ1) is 14.6. The standard InChI is InChI=1S/C17H27N3O/c1-2-14-5-3-4-6-16(14)19-15-7-8-17(18-13-15)20-9-11-21-12-10-20/h7-8,13-14,16,19H,2-6,9-12H2,1H3. The second-order valence-electron chi connectivity index (χ2n) is 6.21. The number of ether oxygens (including phenoxy) is 1. The van der Waals surface area contributed by atoms with Crippen molar-refractivity contribution in [3.05, 3.63) is 18.3 Å². The zero-order chi connectivity index (χ0) is 14.5. The van der Waals surface area contributed by atoms with Crippen LogP contribution >= 0.6 is 0 Å². The third-order valence-corrected chi connectivity index (χ3v) is 4.87. The molecule has 1 saturated carbocycles. The average molecular weight is 289 g/mol. The number of nitrogens with one attached hydrogen (secondary N) is 1. The van der Waals surface area contributed by atoms with Gasteiger partial charge in [-0.3, -0.25) is 0 Å². The number of anilines is 2. The molecule has 0 bridgehead atoms. The molecule has 0 amide bonds. The van der Waals surface area contributed by atoms with E-state index in [-0.39, 0.29) is 0 Å². The lowest BCUT2D eigenvalue weighted by atomic mass is 9.83. The van der Waals surface area contributed by atoms with Crippen LogP contribution in [0.15, 0.2) is 18.3 Å². The highest BCUT2D eigenvalue weighted by atomic mass is 16.5. The minimum absolute atomic E-state index is 0.625. The summed E-state index contributed by atoms with van der Waals surface area (Å²) in [6, 6.07) is 4.94. The van der Waals surface area contributed by atoms with Crippen molar-refractivity contribution in [3.63, 3.8) is 0 Å². The molecule has 1 aliphatic heterocycles. The lowest BCUT2D eigenvalue weighted by Gasteiger charge is -2.32. The highest BCUT2D eigenvalue weighted by molar-refractivity contribution is 5.49. The number of nitrogens with zero attached hydrogens (tertiary/aromatic N) is 2. The molecule has 2 aliphatic rings. The van der Waals surface area contributed by atoms with Crippen molar-refractivity contribution >= 4 is 11.5 Å². The Kier molecular flexibility index (Phi) is 4.96. The van der Waals surface area contributed by atoms with Crippen molar-refractivity contribution < 1.29 is 4.74 Å². The fourth-order valence-electron chi connectivity index (χ4n) is 3.55. The first-order valence-corrected chi connectivity index (χ1v) is 8.42. The molecule has 1 aromatic rings. The van der Waals surface area contributed by atoms with Gasteiger partial charge < -0.3 is 15.0 Å². The van der Waals surface area contributed by atoms with E-state index in [2.05, 4.69) is 34.3 Å². The number of hydrogen-bond donors (Lipinski definition) is 1. The first-order chi connectivity index (χ1) is 10.4. The van der Waals surface area contributed by atoms with Crippen molar-refractivity contribution in [1.29, 1.82) is 0 Å². The maximum absolute atomic E-state index is 5.39. The average Bonchev–Trinajstić information content (AvgIpc) is 2.57. The van der Waals surface area contributed by atoms with E-state index >= 15 is 0 Å². The summed E-state index contributed by atoms with van der Waals surface area (Å²) in [5, 5.41) is 3.71. The molecule has 0 aromatic carbocycles. The van der Waals surface area contributed by atoms with Gasteiger partial charge in [0.1, 0.15) is 5.82 Å². The van der Waals surface area contributed by atoms with Gasteiger partial charge >= 0.3 is 0 Å². The van der Waals surface area contributed by atoms with Crippen LogP contribution in [-0.4, -0.2) is 37.3 Å². The zero-order valence-electron chi connectivity index (χ0n) is 13.1. The van der Waals surface area contributed by atoms with E-state index in [4.69, 9.17) is 4.74 Å². The van der Waals surface area contributed by atoms with Gasteiger partial charge in [-0.15, -0.1) is 0 Å². The van der Waals surface area contributed by atoms with E-state index < -0.39 is 0 Å². The van der Waals surface area contributed by atoms with Crippen LogP contribution in [0, 0.1) is 5.92 Å². The fraction of sp³-hybridized carbons (Fsp3) is 0.706. The van der Waals surface area contributed by atoms with Crippen LogP contribution in [0.4, 0.5) is 11.5 Å². The Morgan fingerprint density at radius 2 is 2.05 bits per heavy atom. The van der Waals surface area contributed by atoms with Gasteiger partial charge in [-0.05, 0) is 30.9 Å². The molecule has 2 heterocycles. The van der Waals surface area contributed by atoms with Gasteiger partial charge in [-0.25, -0.2) is 4.98 Å². The maximum atomic E-state index is 5.39. The first-order valence-electron chi connectivity index (χ1n) is 8.42. The predicted octanol–water partition coefficient (Wildman–Crippen LogP) is 3.30. The number of morpholine rings is 1. The van der Waals surface area contributed by atoms with Gasteiger partial charge in [0.05, 0.1) is 25.1 Å². The number of rotatable bonds is 4. The number of hydrogen-bond acceptors (Lipinski definition) is 4. The van der Waals surface area contributed by atoms with Crippen LogP contribution in [0.25, 0.3) is 0 Å². The molecule has 4 heteroatoms. The third kappa shape index (κ3) is 3.67. The summed E-state index contributed by atoms with van der Waals surface area (Å²) < 4.78 is 5.39. The zero-order valence-corrected chi connectivity index (χ0v) is 13.1. The molecule has 1 saturated heterocycles. The van der Waals surface area contributed by atoms with E-state index in [0.29, 0.717) is 6.04 Å². The van der Waals surface area contributed by atoms with E-state index in [1.54, 1.807) is 0 Å². The maximum Gasteiger partial charge on any atom is 0.128 e. The third-order valence-electron chi connectivity index (χ3n) is 4.87. The SMILES string of the molecule is CCC1CCCCC1Nc1ccc(N2CCOCC2)nc1. The van der Waals surface area contributed by atoms with Crippen molar-refractivity contribution in [2.75, 3.05) is 36.5 Å². The summed E-state index contributed by atoms with van der Waals surface area (Å²) in [4.78, 5) is 6.92. The molecule has 0 spiro atoms. The van der Waals surface area contributed by atoms with E-state index in [0.717, 1.165) is 43.7 Å². The van der Waals surface area contributed by atoms with Crippen LogP contribution in [0.2, 0.25) is 0 Å². The molecular formula is C17H27N3O. The molecular weight excluding hydrogens is 262 g/mol. The van der Waals surface area contributed by atoms with Gasteiger partial charge in [0.2, 0.25) is 0 Å². The Bertz CT molecular complexity index is 428. The lowest BCUT2D eigenvalue weighted by molar-refractivity contribution is 0.122. The van der Waals surface area contributed by atoms with Crippen LogP contribution in [0.1, 0.15) is 39.0 Å². The normalized spacial score (nSPS) is 26.6. The molecule has 2 unspecified atom stereocenters. The fourth-order valence-corrected chi connectivity index (χ4v) is 3.55. The molecule has 3 rings (SSSR count). The molecule has 21 heavy (non-hydrogen) atoms. The van der Waals surface area contributed by atoms with Gasteiger partial charge in [-0.1, -0.05) is 26.2 Å². The highest BCUT2D eigenvalue weighted by Crippen LogP contribution is 2.29. The molecule has 2 atom stereocenters. The Balaban J connectivity index is 1.61. The highest BCUT2D eigenvalue weighted by Gasteiger charge is 2.23. The van der Waals surface area contributed by atoms with Crippen LogP contribution < -0.4 is 10.2 Å². The second-order valence-corrected chi connectivity index (χ2v) is 6.21. The Labute approximate surface area is 127 Å². The Hall–Kier alpha value is -1.29. The summed E-state index contributed by atoms with van der Waals surface area (Å²) in [7, 11) is 0. The number of pyridine rings is 1. The van der Waals surface area contributed by atoms with Gasteiger partial charge in [0.25, 0.3) is 0 Å². The van der Waals surface area contributed by atoms with Crippen molar-refractivity contribution in [3.8, 4) is 0 Å². The van der Waals surface area contributed by atoms with Crippen molar-refractivity contribution in [2.45, 2.75) is 45.1 Å². The largest absolute Gasteiger partial charge is 0.381 e. The molecule has 116 valence electrons. The number of aromatic nitrogens is 1. The van der Waals surface area contributed by atoms with Crippen molar-refractivity contribution in [2.24, 2.45) is 5.92 Å². The topological polar surface area (TPSA) is 37.4 Å². The van der Waals surface area contributed by atoms with Crippen LogP contribution in [-0.2, 0) is 4.74 Å². The minimum atomic E-state index is 0.625. The Morgan fingerprint density at radius 3 is 2.76 bits per heavy atom. The Morgan fingerprint density at radius 1 is 1.24 bits per heavy atom. The second kappa shape index (κ2) is 7.12. The smallest absolute Gasteiger partial charge is 0.128 e. The van der Waals surface area contributed by atoms with E-state index in [9.17, 15) is 0 Å². The summed E-state index contributed by atoms with van der Waals surface area (Å²) in [6.45, 7) is 5.81. The summed E-state index contributed by atoms with van der Waals surface area (Å²) >= 11 is 0. The van der Waals surface area contributed by atoms with Gasteiger partial charge in [0, 0.05) is 19.1 Å². The quantitative estimate of drug-likeness (QED) is 0.923. The van der Waals surface area contributed by atoms with E-state index in [1.165, 1.54) is 32.1 Å². The molecule has 1 aromatic heterocycles. The monoisotopic (exact) mass is 289 g/mol. The molecule has 1 N–H and O–H groups in total. The summed E-state index contributed by atoms with van der Waals surface area (Å²) in [5.41, 5.74) is 1.16. The molecule has 4 nitrogen and oxygen atoms in total. The lowest BCUT2D eigenvalue weighted by Crippen LogP contribution is -2.36. The minimum Gasteiger partial charge on any atom is -0.381 e. The molecule has 0 radical (unpaired) electrons. The molecule has 1 aliphatic carbocycles. The van der Waals surface area contributed by atoms with Gasteiger partial charge in [-0.2, -0.15) is 0 Å². The van der Waals surface area contributed by atoms with Gasteiger partial charge in [0.15, 0.2) is 0 Å². The molecule has 2 fully saturated rings. The summed E-state index contributed by atoms with van der Waals surface area (Å²) in [6.07, 6.45) is 8.68. The van der Waals surface area contributed by atoms with Crippen LogP contribution in [0.5, 0.6) is 0 Å². The summed E-state index contributed by atoms with van der Waals surface area (Å²) in [5.74, 6) is 1.89. The van der Waals surface area contributed by atoms with Crippen molar-refractivity contribution in [1.82, 2.24) is 4.98 Å².